The number of piperidine rings is 1. The molecule has 1 aromatic heterocycles. The van der Waals surface area contributed by atoms with E-state index < -0.39 is 0 Å². The molecule has 2 aliphatic rings. The summed E-state index contributed by atoms with van der Waals surface area (Å²) in [6.07, 6.45) is 3.06. The number of para-hydroxylation sites is 1. The summed E-state index contributed by atoms with van der Waals surface area (Å²) in [6, 6.07) is 8.00. The predicted molar refractivity (Wildman–Crippen MR) is 117 cm³/mol. The van der Waals surface area contributed by atoms with Crippen molar-refractivity contribution in [2.45, 2.75) is 45.2 Å². The van der Waals surface area contributed by atoms with Crippen molar-refractivity contribution in [1.29, 1.82) is 0 Å². The van der Waals surface area contributed by atoms with E-state index in [1.807, 2.05) is 23.1 Å². The maximum absolute atomic E-state index is 12.0. The number of fused-ring (bicyclic) bond motifs is 1. The lowest BCUT2D eigenvalue weighted by atomic mass is 9.96. The van der Waals surface area contributed by atoms with Crippen LogP contribution in [0, 0.1) is 0 Å². The average molecular weight is 410 g/mol. The first kappa shape index (κ1) is 20.6. The molecule has 0 spiro atoms. The van der Waals surface area contributed by atoms with Crippen molar-refractivity contribution < 1.29 is 9.53 Å². The van der Waals surface area contributed by atoms with Crippen molar-refractivity contribution in [3.05, 3.63) is 46.9 Å². The van der Waals surface area contributed by atoms with E-state index in [1.165, 1.54) is 6.42 Å². The fourth-order valence-electron chi connectivity index (χ4n) is 4.44. The molecule has 1 N–H and O–H groups in total. The Kier molecular flexibility index (Phi) is 6.18. The molecule has 0 aliphatic carbocycles. The molecular formula is C23H31N5O2. The molecule has 0 radical (unpaired) electrons. The van der Waals surface area contributed by atoms with Crippen molar-refractivity contribution in [2.24, 2.45) is 0 Å². The van der Waals surface area contributed by atoms with Crippen LogP contribution < -0.4 is 10.1 Å². The molecule has 1 aromatic carbocycles. The zero-order valence-electron chi connectivity index (χ0n) is 18.1. The Morgan fingerprint density at radius 3 is 2.87 bits per heavy atom. The second kappa shape index (κ2) is 9.00. The SMILES string of the molecule is COc1ccccc1CNc1nc([C@@H]2CCCN(C)C2)nc2c1CN(C(C)=O)CC2. The van der Waals surface area contributed by atoms with E-state index in [-0.39, 0.29) is 5.91 Å². The lowest BCUT2D eigenvalue weighted by molar-refractivity contribution is -0.129. The molecule has 3 heterocycles. The molecule has 30 heavy (non-hydrogen) atoms. The Morgan fingerprint density at radius 2 is 2.10 bits per heavy atom. The largest absolute Gasteiger partial charge is 0.496 e. The number of methoxy groups -OCH3 is 1. The minimum Gasteiger partial charge on any atom is -0.496 e. The molecule has 1 atom stereocenters. The highest BCUT2D eigenvalue weighted by molar-refractivity contribution is 5.74. The van der Waals surface area contributed by atoms with E-state index in [0.29, 0.717) is 19.0 Å². The monoisotopic (exact) mass is 409 g/mol. The number of hydrogen-bond acceptors (Lipinski definition) is 6. The van der Waals surface area contributed by atoms with E-state index in [4.69, 9.17) is 14.7 Å². The molecule has 0 saturated carbocycles. The molecule has 0 bridgehead atoms. The van der Waals surface area contributed by atoms with Crippen LogP contribution in [-0.4, -0.2) is 59.5 Å². The number of amides is 1. The highest BCUT2D eigenvalue weighted by Crippen LogP contribution is 2.30. The van der Waals surface area contributed by atoms with E-state index in [9.17, 15) is 4.79 Å². The van der Waals surface area contributed by atoms with Gasteiger partial charge in [-0.15, -0.1) is 0 Å². The smallest absolute Gasteiger partial charge is 0.219 e. The fourth-order valence-corrected chi connectivity index (χ4v) is 4.44. The van der Waals surface area contributed by atoms with Crippen molar-refractivity contribution in [2.75, 3.05) is 39.1 Å². The van der Waals surface area contributed by atoms with Gasteiger partial charge in [0.1, 0.15) is 17.4 Å². The number of nitrogens with zero attached hydrogens (tertiary/aromatic N) is 4. The third-order valence-corrected chi connectivity index (χ3v) is 6.15. The number of carbonyl (C=O) groups excluding carboxylic acids is 1. The minimum absolute atomic E-state index is 0.0920. The van der Waals surface area contributed by atoms with Gasteiger partial charge in [-0.25, -0.2) is 9.97 Å². The van der Waals surface area contributed by atoms with E-state index in [1.54, 1.807) is 14.0 Å². The highest BCUT2D eigenvalue weighted by Gasteiger charge is 2.27. The Bertz CT molecular complexity index is 916. The summed E-state index contributed by atoms with van der Waals surface area (Å²) < 4.78 is 5.49. The lowest BCUT2D eigenvalue weighted by Gasteiger charge is -2.32. The number of carbonyl (C=O) groups is 1. The van der Waals surface area contributed by atoms with E-state index >= 15 is 0 Å². The zero-order valence-corrected chi connectivity index (χ0v) is 18.1. The molecule has 1 saturated heterocycles. The third kappa shape index (κ3) is 4.41. The quantitative estimate of drug-likeness (QED) is 0.819. The number of likely N-dealkylation sites (tertiary alicyclic amines) is 1. The Balaban J connectivity index is 1.65. The highest BCUT2D eigenvalue weighted by atomic mass is 16.5. The molecule has 0 unspecified atom stereocenters. The standard InChI is InChI=1S/C23H31N5O2/c1-16(29)28-12-10-20-19(15-28)23(24-13-17-7-4-5-9-21(17)30-3)26-22(25-20)18-8-6-11-27(2)14-18/h4-5,7,9,18H,6,8,10-15H2,1-3H3,(H,24,25,26)/t18-/m1/s1. The lowest BCUT2D eigenvalue weighted by Crippen LogP contribution is -2.36. The topological polar surface area (TPSA) is 70.6 Å². The number of ether oxygens (including phenoxy) is 1. The first-order valence-electron chi connectivity index (χ1n) is 10.7. The molecular weight excluding hydrogens is 378 g/mol. The summed E-state index contributed by atoms with van der Waals surface area (Å²) >= 11 is 0. The van der Waals surface area contributed by atoms with Crippen molar-refractivity contribution in [1.82, 2.24) is 19.8 Å². The molecule has 160 valence electrons. The zero-order chi connectivity index (χ0) is 21.1. The van der Waals surface area contributed by atoms with Gasteiger partial charge in [0.05, 0.1) is 19.3 Å². The number of benzene rings is 1. The Hall–Kier alpha value is -2.67. The van der Waals surface area contributed by atoms with Crippen LogP contribution in [0.25, 0.3) is 0 Å². The molecule has 2 aromatic rings. The first-order chi connectivity index (χ1) is 14.5. The number of rotatable bonds is 5. The van der Waals surface area contributed by atoms with E-state index in [0.717, 1.165) is 66.7 Å². The normalized spacial score (nSPS) is 19.3. The number of likely N-dealkylation sites (N-methyl/N-ethyl adjacent to an activating group) is 1. The summed E-state index contributed by atoms with van der Waals surface area (Å²) in [5.74, 6) is 3.08. The van der Waals surface area contributed by atoms with Crippen LogP contribution in [0.4, 0.5) is 5.82 Å². The summed E-state index contributed by atoms with van der Waals surface area (Å²) in [7, 11) is 3.85. The van der Waals surface area contributed by atoms with Crippen LogP contribution in [0.5, 0.6) is 5.75 Å². The van der Waals surface area contributed by atoms with Gasteiger partial charge in [-0.1, -0.05) is 18.2 Å². The number of nitrogens with one attached hydrogen (secondary N) is 1. The van der Waals surface area contributed by atoms with Crippen LogP contribution in [0.2, 0.25) is 0 Å². The van der Waals surface area contributed by atoms with Crippen molar-refractivity contribution >= 4 is 11.7 Å². The van der Waals surface area contributed by atoms with Gasteiger partial charge in [0.15, 0.2) is 0 Å². The molecule has 7 heteroatoms. The van der Waals surface area contributed by atoms with Gasteiger partial charge < -0.3 is 19.9 Å². The fraction of sp³-hybridized carbons (Fsp3) is 0.522. The van der Waals surface area contributed by atoms with Crippen LogP contribution in [0.15, 0.2) is 24.3 Å². The maximum Gasteiger partial charge on any atom is 0.219 e. The van der Waals surface area contributed by atoms with Gasteiger partial charge in [-0.05, 0) is 32.5 Å². The van der Waals surface area contributed by atoms with E-state index in [2.05, 4.69) is 23.3 Å². The second-order valence-corrected chi connectivity index (χ2v) is 8.31. The molecule has 1 fully saturated rings. The first-order valence-corrected chi connectivity index (χ1v) is 10.7. The summed E-state index contributed by atoms with van der Waals surface area (Å²) in [4.78, 5) is 26.2. The Labute approximate surface area is 178 Å². The predicted octanol–water partition coefficient (Wildman–Crippen LogP) is 2.81. The van der Waals surface area contributed by atoms with Gasteiger partial charge in [0.25, 0.3) is 0 Å². The average Bonchev–Trinajstić information content (AvgIpc) is 2.77. The number of anilines is 1. The van der Waals surface area contributed by atoms with Crippen LogP contribution in [-0.2, 0) is 24.3 Å². The third-order valence-electron chi connectivity index (χ3n) is 6.15. The maximum atomic E-state index is 12.0. The van der Waals surface area contributed by atoms with Gasteiger partial charge >= 0.3 is 0 Å². The van der Waals surface area contributed by atoms with Crippen LogP contribution in [0.3, 0.4) is 0 Å². The van der Waals surface area contributed by atoms with Crippen LogP contribution in [0.1, 0.15) is 48.3 Å². The summed E-state index contributed by atoms with van der Waals surface area (Å²) in [5, 5.41) is 3.53. The number of hydrogen-bond donors (Lipinski definition) is 1. The number of aromatic nitrogens is 2. The van der Waals surface area contributed by atoms with Gasteiger partial charge in [-0.2, -0.15) is 0 Å². The van der Waals surface area contributed by atoms with Crippen LogP contribution >= 0.6 is 0 Å². The van der Waals surface area contributed by atoms with Gasteiger partial charge in [0.2, 0.25) is 5.91 Å². The van der Waals surface area contributed by atoms with Gasteiger partial charge in [-0.3, -0.25) is 4.79 Å². The van der Waals surface area contributed by atoms with Crippen molar-refractivity contribution in [3.8, 4) is 5.75 Å². The minimum atomic E-state index is 0.0920. The molecule has 4 rings (SSSR count). The van der Waals surface area contributed by atoms with Gasteiger partial charge in [0, 0.05) is 50.0 Å². The molecule has 1 amide bonds. The second-order valence-electron chi connectivity index (χ2n) is 8.31. The molecule has 7 nitrogen and oxygen atoms in total. The van der Waals surface area contributed by atoms with Crippen molar-refractivity contribution in [3.63, 3.8) is 0 Å². The Morgan fingerprint density at radius 1 is 1.27 bits per heavy atom. The molecule has 2 aliphatic heterocycles. The summed E-state index contributed by atoms with van der Waals surface area (Å²) in [6.45, 7) is 5.63. The summed E-state index contributed by atoms with van der Waals surface area (Å²) in [5.41, 5.74) is 3.19.